The van der Waals surface area contributed by atoms with Crippen molar-refractivity contribution in [3.63, 3.8) is 0 Å². The van der Waals surface area contributed by atoms with Gasteiger partial charge in [0.25, 0.3) is 5.91 Å². The average Bonchev–Trinajstić information content (AvgIpc) is 3.10. The number of carbonyl (C=O) groups is 2. The number of nitrogens with one attached hydrogen (secondary N) is 1. The third kappa shape index (κ3) is 2.85. The molecule has 0 aliphatic heterocycles. The van der Waals surface area contributed by atoms with Gasteiger partial charge in [0, 0.05) is 12.2 Å². The summed E-state index contributed by atoms with van der Waals surface area (Å²) in [7, 11) is 0. The maximum atomic E-state index is 12.9. The van der Waals surface area contributed by atoms with E-state index in [1.807, 2.05) is 0 Å². The molecule has 0 saturated heterocycles. The molecule has 1 aliphatic carbocycles. The molecule has 2 N–H and O–H groups in total. The van der Waals surface area contributed by atoms with E-state index < -0.39 is 23.6 Å². The fraction of sp³-hybridized carbons (Fsp3) is 0.500. The van der Waals surface area contributed by atoms with Gasteiger partial charge in [-0.2, -0.15) is 13.2 Å². The van der Waals surface area contributed by atoms with Gasteiger partial charge in [0.1, 0.15) is 5.69 Å². The van der Waals surface area contributed by atoms with Crippen LogP contribution in [0.15, 0.2) is 12.3 Å². The molecule has 1 saturated carbocycles. The molecule has 0 bridgehead atoms. The molecule has 1 aromatic heterocycles. The number of halogens is 4. The molecule has 1 amide bonds. The van der Waals surface area contributed by atoms with Crippen molar-refractivity contribution < 1.29 is 27.9 Å². The first-order chi connectivity index (χ1) is 9.56. The second-order valence-corrected chi connectivity index (χ2v) is 5.50. The lowest BCUT2D eigenvalue weighted by Gasteiger charge is -2.28. The summed E-state index contributed by atoms with van der Waals surface area (Å²) in [6, 6.07) is 1.23. The summed E-state index contributed by atoms with van der Waals surface area (Å²) in [4.78, 5) is 22.9. The van der Waals surface area contributed by atoms with Crippen LogP contribution in [0.3, 0.4) is 0 Å². The predicted molar refractivity (Wildman–Crippen MR) is 67.3 cm³/mol. The van der Waals surface area contributed by atoms with E-state index in [9.17, 15) is 22.8 Å². The highest BCUT2D eigenvalue weighted by molar-refractivity contribution is 6.31. The lowest BCUT2D eigenvalue weighted by molar-refractivity contribution is -0.203. The number of nitrogens with zero attached hydrogens (tertiary/aromatic N) is 1. The molecule has 1 aliphatic rings. The molecule has 9 heteroatoms. The molecule has 0 spiro atoms. The molecule has 5 nitrogen and oxygen atoms in total. The minimum atomic E-state index is -5.13. The average molecular weight is 325 g/mol. The zero-order valence-corrected chi connectivity index (χ0v) is 11.6. The number of aliphatic carboxylic acids is 1. The summed E-state index contributed by atoms with van der Waals surface area (Å²) in [6.07, 6.45) is -2.10. The smallest absolute Gasteiger partial charge is 0.422 e. The van der Waals surface area contributed by atoms with E-state index >= 15 is 0 Å². The number of hydrogen-bond donors (Lipinski definition) is 2. The molecule has 21 heavy (non-hydrogen) atoms. The first-order valence-electron chi connectivity index (χ1n) is 6.06. The van der Waals surface area contributed by atoms with E-state index in [1.54, 1.807) is 5.32 Å². The molecule has 1 heterocycles. The van der Waals surface area contributed by atoms with Gasteiger partial charge in [-0.3, -0.25) is 4.79 Å². The molecule has 1 unspecified atom stereocenters. The van der Waals surface area contributed by atoms with Gasteiger partial charge in [-0.1, -0.05) is 11.6 Å². The number of carbonyl (C=O) groups excluding carboxylic acids is 1. The summed E-state index contributed by atoms with van der Waals surface area (Å²) in [5.41, 5.74) is -3.45. The van der Waals surface area contributed by atoms with E-state index in [-0.39, 0.29) is 16.8 Å². The van der Waals surface area contributed by atoms with E-state index in [0.29, 0.717) is 6.92 Å². The van der Waals surface area contributed by atoms with Crippen LogP contribution in [-0.4, -0.2) is 33.3 Å². The van der Waals surface area contributed by atoms with Gasteiger partial charge >= 0.3 is 12.1 Å². The third-order valence-electron chi connectivity index (χ3n) is 3.35. The highest BCUT2D eigenvalue weighted by atomic mass is 35.5. The number of carboxylic acids is 1. The van der Waals surface area contributed by atoms with Gasteiger partial charge in [-0.05, 0) is 25.8 Å². The van der Waals surface area contributed by atoms with Crippen LogP contribution in [-0.2, 0) is 4.79 Å². The SMILES string of the molecule is CC(NC(=O)c1cc(Cl)cn1C1CC1)(C(=O)O)C(F)(F)F. The van der Waals surface area contributed by atoms with Crippen molar-refractivity contribution in [3.05, 3.63) is 23.0 Å². The molecule has 2 rings (SSSR count). The number of rotatable bonds is 4. The van der Waals surface area contributed by atoms with Crippen molar-refractivity contribution in [3.8, 4) is 0 Å². The molecule has 0 aromatic carbocycles. The van der Waals surface area contributed by atoms with Crippen molar-refractivity contribution in [1.29, 1.82) is 0 Å². The van der Waals surface area contributed by atoms with E-state index in [2.05, 4.69) is 0 Å². The minimum Gasteiger partial charge on any atom is -0.479 e. The number of carboxylic acid groups (broad SMARTS) is 1. The Morgan fingerprint density at radius 3 is 2.43 bits per heavy atom. The first kappa shape index (κ1) is 15.7. The van der Waals surface area contributed by atoms with E-state index in [1.165, 1.54) is 16.8 Å². The Bertz CT molecular complexity index is 595. The van der Waals surface area contributed by atoms with Gasteiger partial charge in [0.15, 0.2) is 0 Å². The topological polar surface area (TPSA) is 71.3 Å². The van der Waals surface area contributed by atoms with E-state index in [0.717, 1.165) is 12.8 Å². The van der Waals surface area contributed by atoms with Crippen LogP contribution in [0.1, 0.15) is 36.3 Å². The summed E-state index contributed by atoms with van der Waals surface area (Å²) < 4.78 is 40.1. The van der Waals surface area contributed by atoms with Crippen LogP contribution >= 0.6 is 11.6 Å². The number of alkyl halides is 3. The molecular formula is C12H12ClF3N2O3. The van der Waals surface area contributed by atoms with Crippen molar-refractivity contribution >= 4 is 23.5 Å². The van der Waals surface area contributed by atoms with Crippen LogP contribution < -0.4 is 5.32 Å². The van der Waals surface area contributed by atoms with E-state index in [4.69, 9.17) is 16.7 Å². The van der Waals surface area contributed by atoms with Gasteiger partial charge in [-0.15, -0.1) is 0 Å². The van der Waals surface area contributed by atoms with Crippen molar-refractivity contribution in [2.45, 2.75) is 37.5 Å². The monoisotopic (exact) mass is 324 g/mol. The second-order valence-electron chi connectivity index (χ2n) is 5.06. The predicted octanol–water partition coefficient (Wildman–Crippen LogP) is 2.61. The van der Waals surface area contributed by atoms with Crippen LogP contribution in [0.25, 0.3) is 0 Å². The Labute approximate surface area is 122 Å². The summed E-state index contributed by atoms with van der Waals surface area (Å²) in [5, 5.41) is 10.5. The zero-order chi connectivity index (χ0) is 16.0. The fourth-order valence-corrected chi connectivity index (χ4v) is 2.03. The minimum absolute atomic E-state index is 0.0141. The third-order valence-corrected chi connectivity index (χ3v) is 3.55. The Balaban J connectivity index is 2.30. The molecule has 1 aromatic rings. The Morgan fingerprint density at radius 2 is 2.00 bits per heavy atom. The van der Waals surface area contributed by atoms with Gasteiger partial charge in [0.05, 0.1) is 5.02 Å². The summed E-state index contributed by atoms with van der Waals surface area (Å²) in [6.45, 7) is 0.402. The lowest BCUT2D eigenvalue weighted by atomic mass is 10.0. The summed E-state index contributed by atoms with van der Waals surface area (Å²) in [5.74, 6) is -3.31. The van der Waals surface area contributed by atoms with Crippen molar-refractivity contribution in [1.82, 2.24) is 9.88 Å². The molecule has 0 radical (unpaired) electrons. The number of amides is 1. The zero-order valence-electron chi connectivity index (χ0n) is 10.9. The number of hydrogen-bond acceptors (Lipinski definition) is 2. The number of aromatic nitrogens is 1. The second kappa shape index (κ2) is 4.94. The lowest BCUT2D eigenvalue weighted by Crippen LogP contribution is -2.62. The molecular weight excluding hydrogens is 313 g/mol. The van der Waals surface area contributed by atoms with Crippen LogP contribution in [0.4, 0.5) is 13.2 Å². The largest absolute Gasteiger partial charge is 0.479 e. The van der Waals surface area contributed by atoms with Crippen LogP contribution in [0.2, 0.25) is 5.02 Å². The van der Waals surface area contributed by atoms with Gasteiger partial charge in [-0.25, -0.2) is 4.79 Å². The highest BCUT2D eigenvalue weighted by Gasteiger charge is 2.58. The van der Waals surface area contributed by atoms with Gasteiger partial charge in [0.2, 0.25) is 5.54 Å². The van der Waals surface area contributed by atoms with Crippen LogP contribution in [0, 0.1) is 0 Å². The normalized spacial score (nSPS) is 18.1. The summed E-state index contributed by atoms with van der Waals surface area (Å²) >= 11 is 5.77. The Kier molecular flexibility index (Phi) is 3.69. The molecule has 1 fully saturated rings. The van der Waals surface area contributed by atoms with Crippen molar-refractivity contribution in [2.24, 2.45) is 0 Å². The Hall–Kier alpha value is -1.70. The fourth-order valence-electron chi connectivity index (χ4n) is 1.82. The van der Waals surface area contributed by atoms with Crippen LogP contribution in [0.5, 0.6) is 0 Å². The highest BCUT2D eigenvalue weighted by Crippen LogP contribution is 2.38. The standard InChI is InChI=1S/C12H12ClF3N2O3/c1-11(10(20)21,12(14,15)16)17-9(19)8-4-6(13)5-18(8)7-2-3-7/h4-5,7H,2-3H2,1H3,(H,17,19)(H,20,21). The van der Waals surface area contributed by atoms with Gasteiger partial charge < -0.3 is 15.0 Å². The van der Waals surface area contributed by atoms with Crippen molar-refractivity contribution in [2.75, 3.05) is 0 Å². The first-order valence-corrected chi connectivity index (χ1v) is 6.44. The molecule has 116 valence electrons. The maximum Gasteiger partial charge on any atom is 0.422 e. The maximum absolute atomic E-state index is 12.9. The molecule has 1 atom stereocenters. The Morgan fingerprint density at radius 1 is 1.43 bits per heavy atom. The quantitative estimate of drug-likeness (QED) is 0.894.